The van der Waals surface area contributed by atoms with E-state index in [-0.39, 0.29) is 11.4 Å². The quantitative estimate of drug-likeness (QED) is 0.724. The van der Waals surface area contributed by atoms with E-state index in [9.17, 15) is 4.39 Å². The highest BCUT2D eigenvalue weighted by Gasteiger charge is 2.20. The Labute approximate surface area is 126 Å². The minimum absolute atomic E-state index is 0.0417. The summed E-state index contributed by atoms with van der Waals surface area (Å²) in [5, 5.41) is 6.29. The number of ether oxygens (including phenoxy) is 1. The van der Waals surface area contributed by atoms with Crippen LogP contribution in [0.1, 0.15) is 39.2 Å². The molecule has 0 unspecified atom stereocenters. The van der Waals surface area contributed by atoms with Gasteiger partial charge in [-0.05, 0) is 45.6 Å². The number of hydrogen-bond acceptors (Lipinski definition) is 4. The van der Waals surface area contributed by atoms with Crippen molar-refractivity contribution < 1.29 is 9.13 Å². The number of nitrogens with one attached hydrogen (secondary N) is 2. The number of rotatable bonds is 8. The second-order valence-electron chi connectivity index (χ2n) is 6.68. The van der Waals surface area contributed by atoms with Crippen LogP contribution in [0.5, 0.6) is 0 Å². The monoisotopic (exact) mass is 295 g/mol. The normalized spacial score (nSPS) is 15.2. The van der Waals surface area contributed by atoms with Crippen LogP contribution >= 0.6 is 0 Å². The lowest BCUT2D eigenvalue weighted by Crippen LogP contribution is -2.35. The predicted octanol–water partition coefficient (Wildman–Crippen LogP) is 2.95. The van der Waals surface area contributed by atoms with E-state index in [0.717, 1.165) is 12.5 Å². The fraction of sp³-hybridized carbons (Fsp3) is 0.688. The summed E-state index contributed by atoms with van der Waals surface area (Å²) in [7, 11) is 0. The van der Waals surface area contributed by atoms with E-state index in [1.165, 1.54) is 12.8 Å². The van der Waals surface area contributed by atoms with Gasteiger partial charge >= 0.3 is 0 Å². The van der Waals surface area contributed by atoms with Gasteiger partial charge in [0.05, 0.1) is 6.61 Å². The van der Waals surface area contributed by atoms with Crippen LogP contribution in [-0.2, 0) is 11.3 Å². The van der Waals surface area contributed by atoms with Gasteiger partial charge < -0.3 is 15.4 Å². The predicted molar refractivity (Wildman–Crippen MR) is 82.8 cm³/mol. The van der Waals surface area contributed by atoms with E-state index in [1.807, 2.05) is 0 Å². The first kappa shape index (κ1) is 16.2. The molecule has 21 heavy (non-hydrogen) atoms. The Bertz CT molecular complexity index is 455. The van der Waals surface area contributed by atoms with E-state index < -0.39 is 0 Å². The average Bonchev–Trinajstić information content (AvgIpc) is 3.22. The summed E-state index contributed by atoms with van der Waals surface area (Å²) in [6.07, 6.45) is 4.20. The van der Waals surface area contributed by atoms with Gasteiger partial charge in [0.2, 0.25) is 0 Å². The van der Waals surface area contributed by atoms with Crippen LogP contribution in [0.3, 0.4) is 0 Å². The number of halogens is 1. The largest absolute Gasteiger partial charge is 0.379 e. The van der Waals surface area contributed by atoms with Crippen LogP contribution in [0.15, 0.2) is 12.3 Å². The van der Waals surface area contributed by atoms with Crippen LogP contribution in [0.2, 0.25) is 0 Å². The zero-order valence-electron chi connectivity index (χ0n) is 13.2. The van der Waals surface area contributed by atoms with Crippen LogP contribution < -0.4 is 10.6 Å². The van der Waals surface area contributed by atoms with Crippen LogP contribution in [-0.4, -0.2) is 30.3 Å². The molecule has 0 atom stereocenters. The van der Waals surface area contributed by atoms with E-state index in [2.05, 4.69) is 36.4 Å². The van der Waals surface area contributed by atoms with Crippen LogP contribution in [0, 0.1) is 11.7 Å². The molecule has 4 nitrogen and oxygen atoms in total. The second-order valence-corrected chi connectivity index (χ2v) is 6.68. The van der Waals surface area contributed by atoms with Crippen molar-refractivity contribution in [3.63, 3.8) is 0 Å². The highest BCUT2D eigenvalue weighted by molar-refractivity contribution is 5.39. The summed E-state index contributed by atoms with van der Waals surface area (Å²) in [6, 6.07) is 1.71. The molecule has 0 saturated heterocycles. The smallest absolute Gasteiger partial charge is 0.169 e. The molecule has 1 saturated carbocycles. The highest BCUT2D eigenvalue weighted by Crippen LogP contribution is 2.28. The summed E-state index contributed by atoms with van der Waals surface area (Å²) in [6.45, 7) is 8.65. The van der Waals surface area contributed by atoms with Gasteiger partial charge in [-0.2, -0.15) is 0 Å². The van der Waals surface area contributed by atoms with Crippen molar-refractivity contribution in [2.45, 2.75) is 45.7 Å². The maximum atomic E-state index is 14.3. The minimum Gasteiger partial charge on any atom is -0.379 e. The molecule has 1 aromatic rings. The fourth-order valence-electron chi connectivity index (χ4n) is 1.88. The Morgan fingerprint density at radius 2 is 2.14 bits per heavy atom. The summed E-state index contributed by atoms with van der Waals surface area (Å²) in [4.78, 5) is 4.06. The summed E-state index contributed by atoms with van der Waals surface area (Å²) in [5.74, 6) is 0.779. The van der Waals surface area contributed by atoms with Gasteiger partial charge in [0.25, 0.3) is 0 Å². The van der Waals surface area contributed by atoms with E-state index in [4.69, 9.17) is 4.74 Å². The van der Waals surface area contributed by atoms with Gasteiger partial charge in [-0.15, -0.1) is 0 Å². The Morgan fingerprint density at radius 1 is 1.38 bits per heavy atom. The van der Waals surface area contributed by atoms with E-state index >= 15 is 0 Å². The van der Waals surface area contributed by atoms with Crippen molar-refractivity contribution in [1.29, 1.82) is 0 Å². The molecule has 1 fully saturated rings. The molecule has 0 radical (unpaired) electrons. The van der Waals surface area contributed by atoms with Crippen molar-refractivity contribution in [3.8, 4) is 0 Å². The highest BCUT2D eigenvalue weighted by atomic mass is 19.1. The first-order valence-corrected chi connectivity index (χ1v) is 7.66. The molecular formula is C16H26FN3O. The standard InChI is InChI=1S/C16H26FN3O/c1-16(2,3)20-10-13-6-7-18-15(14(13)17)19-8-9-21-11-12-4-5-12/h6-7,12,20H,4-5,8-11H2,1-3H3,(H,18,19). The number of nitrogens with zero attached hydrogens (tertiary/aromatic N) is 1. The van der Waals surface area contributed by atoms with Crippen molar-refractivity contribution >= 4 is 5.82 Å². The van der Waals surface area contributed by atoms with Crippen LogP contribution in [0.4, 0.5) is 10.2 Å². The molecule has 0 aliphatic heterocycles. The lowest BCUT2D eigenvalue weighted by atomic mass is 10.1. The fourth-order valence-corrected chi connectivity index (χ4v) is 1.88. The summed E-state index contributed by atoms with van der Waals surface area (Å²) < 4.78 is 19.8. The van der Waals surface area contributed by atoms with Gasteiger partial charge in [0, 0.05) is 37.0 Å². The van der Waals surface area contributed by atoms with Gasteiger partial charge in [0.1, 0.15) is 0 Å². The van der Waals surface area contributed by atoms with Crippen molar-refractivity contribution in [2.24, 2.45) is 5.92 Å². The molecule has 0 bridgehead atoms. The second kappa shape index (κ2) is 7.18. The first-order valence-electron chi connectivity index (χ1n) is 7.66. The maximum absolute atomic E-state index is 14.3. The average molecular weight is 295 g/mol. The summed E-state index contributed by atoms with van der Waals surface area (Å²) >= 11 is 0. The first-order chi connectivity index (χ1) is 9.96. The molecule has 0 spiro atoms. The Kier molecular flexibility index (Phi) is 5.53. The third-order valence-corrected chi connectivity index (χ3v) is 3.37. The Balaban J connectivity index is 1.78. The van der Waals surface area contributed by atoms with E-state index in [0.29, 0.717) is 31.1 Å². The molecule has 5 heteroatoms. The Hall–Kier alpha value is -1.20. The summed E-state index contributed by atoms with van der Waals surface area (Å²) in [5.41, 5.74) is 0.585. The minimum atomic E-state index is -0.281. The molecule has 118 valence electrons. The number of anilines is 1. The van der Waals surface area contributed by atoms with Crippen LogP contribution in [0.25, 0.3) is 0 Å². The SMILES string of the molecule is CC(C)(C)NCc1ccnc(NCCOCC2CC2)c1F. The van der Waals surface area contributed by atoms with Crippen molar-refractivity contribution in [1.82, 2.24) is 10.3 Å². The lowest BCUT2D eigenvalue weighted by molar-refractivity contribution is 0.133. The molecule has 0 amide bonds. The van der Waals surface area contributed by atoms with Gasteiger partial charge in [-0.3, -0.25) is 0 Å². The van der Waals surface area contributed by atoms with Gasteiger partial charge in [0.15, 0.2) is 11.6 Å². The number of pyridine rings is 1. The number of hydrogen-bond donors (Lipinski definition) is 2. The Morgan fingerprint density at radius 3 is 2.81 bits per heavy atom. The lowest BCUT2D eigenvalue weighted by Gasteiger charge is -2.21. The molecule has 1 aromatic heterocycles. The molecule has 1 aliphatic rings. The molecule has 2 N–H and O–H groups in total. The zero-order chi connectivity index (χ0) is 15.3. The molecule has 1 aliphatic carbocycles. The number of aromatic nitrogens is 1. The van der Waals surface area contributed by atoms with E-state index in [1.54, 1.807) is 12.3 Å². The van der Waals surface area contributed by atoms with Crippen molar-refractivity contribution in [2.75, 3.05) is 25.1 Å². The zero-order valence-corrected chi connectivity index (χ0v) is 13.2. The van der Waals surface area contributed by atoms with Gasteiger partial charge in [-0.25, -0.2) is 9.37 Å². The van der Waals surface area contributed by atoms with Gasteiger partial charge in [-0.1, -0.05) is 0 Å². The molecule has 1 heterocycles. The molecular weight excluding hydrogens is 269 g/mol. The maximum Gasteiger partial charge on any atom is 0.169 e. The third kappa shape index (κ3) is 5.98. The molecule has 0 aromatic carbocycles. The van der Waals surface area contributed by atoms with Crippen molar-refractivity contribution in [3.05, 3.63) is 23.6 Å². The topological polar surface area (TPSA) is 46.2 Å². The molecule has 2 rings (SSSR count). The third-order valence-electron chi connectivity index (χ3n) is 3.37.